The molecule has 3 heteroatoms. The number of hydrogen-bond donors (Lipinski definition) is 1. The Labute approximate surface area is 77.6 Å². The van der Waals surface area contributed by atoms with Crippen LogP contribution in [-0.2, 0) is 11.3 Å². The number of phenols is 1. The zero-order valence-corrected chi connectivity index (χ0v) is 7.60. The Balaban J connectivity index is 2.45. The molecule has 1 aromatic rings. The molecule has 0 atom stereocenters. The number of nitrogens with zero attached hydrogens (tertiary/aromatic N) is 1. The molecule has 0 saturated carbocycles. The molecule has 1 rings (SSSR count). The third kappa shape index (κ3) is 3.60. The fraction of sp³-hybridized carbons (Fsp3) is 0.300. The van der Waals surface area contributed by atoms with E-state index < -0.39 is 0 Å². The van der Waals surface area contributed by atoms with Gasteiger partial charge in [0.05, 0.1) is 0 Å². The first kappa shape index (κ1) is 9.58. The van der Waals surface area contributed by atoms with Crippen LogP contribution >= 0.6 is 0 Å². The number of benzene rings is 1. The van der Waals surface area contributed by atoms with E-state index >= 15 is 0 Å². The van der Waals surface area contributed by atoms with Crippen molar-refractivity contribution < 1.29 is 9.94 Å². The summed E-state index contributed by atoms with van der Waals surface area (Å²) in [6.45, 7) is 2.46. The Morgan fingerprint density at radius 2 is 2.38 bits per heavy atom. The predicted octanol–water partition coefficient (Wildman–Crippen LogP) is 1.96. The maximum absolute atomic E-state index is 9.14. The van der Waals surface area contributed by atoms with Gasteiger partial charge in [-0.1, -0.05) is 17.3 Å². The van der Waals surface area contributed by atoms with E-state index in [2.05, 4.69) is 5.16 Å². The van der Waals surface area contributed by atoms with E-state index in [1.165, 1.54) is 0 Å². The van der Waals surface area contributed by atoms with Crippen molar-refractivity contribution in [3.05, 3.63) is 29.8 Å². The Morgan fingerprint density at radius 1 is 1.54 bits per heavy atom. The molecule has 0 heterocycles. The molecule has 0 aliphatic carbocycles. The van der Waals surface area contributed by atoms with Gasteiger partial charge in [0.15, 0.2) is 0 Å². The second kappa shape index (κ2) is 5.19. The van der Waals surface area contributed by atoms with Gasteiger partial charge < -0.3 is 9.94 Å². The molecule has 13 heavy (non-hydrogen) atoms. The first-order chi connectivity index (χ1) is 6.33. The van der Waals surface area contributed by atoms with Crippen LogP contribution in [0.3, 0.4) is 0 Å². The van der Waals surface area contributed by atoms with Crippen molar-refractivity contribution in [2.45, 2.75) is 13.3 Å². The molecule has 1 aromatic carbocycles. The summed E-state index contributed by atoms with van der Waals surface area (Å²) in [7, 11) is 0. The molecule has 0 aliphatic rings. The van der Waals surface area contributed by atoms with Crippen LogP contribution in [0.15, 0.2) is 29.4 Å². The first-order valence-electron chi connectivity index (χ1n) is 4.24. The van der Waals surface area contributed by atoms with Crippen molar-refractivity contribution in [1.29, 1.82) is 0 Å². The zero-order chi connectivity index (χ0) is 9.52. The molecule has 3 nitrogen and oxygen atoms in total. The van der Waals surface area contributed by atoms with Crippen LogP contribution in [0.25, 0.3) is 0 Å². The maximum Gasteiger partial charge on any atom is 0.115 e. The fourth-order valence-corrected chi connectivity index (χ4v) is 0.953. The number of oxime groups is 1. The Morgan fingerprint density at radius 3 is 3.08 bits per heavy atom. The third-order valence-corrected chi connectivity index (χ3v) is 1.52. The summed E-state index contributed by atoms with van der Waals surface area (Å²) < 4.78 is 0. The van der Waals surface area contributed by atoms with Crippen LogP contribution in [0.1, 0.15) is 12.5 Å². The van der Waals surface area contributed by atoms with Crippen LogP contribution in [0.5, 0.6) is 5.75 Å². The highest BCUT2D eigenvalue weighted by Crippen LogP contribution is 2.10. The van der Waals surface area contributed by atoms with Crippen molar-refractivity contribution >= 4 is 6.21 Å². The van der Waals surface area contributed by atoms with Gasteiger partial charge in [-0.05, 0) is 24.6 Å². The molecule has 0 amide bonds. The van der Waals surface area contributed by atoms with Gasteiger partial charge in [0.1, 0.15) is 12.4 Å². The van der Waals surface area contributed by atoms with E-state index in [4.69, 9.17) is 9.94 Å². The SMILES string of the molecule is CCON=CCc1cccc(O)c1. The van der Waals surface area contributed by atoms with Gasteiger partial charge in [-0.25, -0.2) is 0 Å². The van der Waals surface area contributed by atoms with Gasteiger partial charge in [0.25, 0.3) is 0 Å². The van der Waals surface area contributed by atoms with Gasteiger partial charge in [-0.2, -0.15) is 0 Å². The monoisotopic (exact) mass is 179 g/mol. The van der Waals surface area contributed by atoms with Crippen LogP contribution in [-0.4, -0.2) is 17.9 Å². The lowest BCUT2D eigenvalue weighted by molar-refractivity contribution is 0.160. The zero-order valence-electron chi connectivity index (χ0n) is 7.60. The molecule has 0 radical (unpaired) electrons. The number of aromatic hydroxyl groups is 1. The molecule has 0 spiro atoms. The van der Waals surface area contributed by atoms with E-state index in [9.17, 15) is 0 Å². The second-order valence-corrected chi connectivity index (χ2v) is 2.58. The average Bonchev–Trinajstić information content (AvgIpc) is 2.13. The molecule has 1 N–H and O–H groups in total. The quantitative estimate of drug-likeness (QED) is 0.567. The second-order valence-electron chi connectivity index (χ2n) is 2.58. The molecule has 0 fully saturated rings. The fourth-order valence-electron chi connectivity index (χ4n) is 0.953. The number of rotatable bonds is 4. The topological polar surface area (TPSA) is 41.8 Å². The first-order valence-corrected chi connectivity index (χ1v) is 4.24. The van der Waals surface area contributed by atoms with Gasteiger partial charge in [-0.3, -0.25) is 0 Å². The lowest BCUT2D eigenvalue weighted by Gasteiger charge is -1.96. The van der Waals surface area contributed by atoms with Crippen molar-refractivity contribution in [3.63, 3.8) is 0 Å². The molecule has 0 unspecified atom stereocenters. The summed E-state index contributed by atoms with van der Waals surface area (Å²) in [5.41, 5.74) is 1.02. The maximum atomic E-state index is 9.14. The summed E-state index contributed by atoms with van der Waals surface area (Å²) in [5, 5.41) is 12.8. The van der Waals surface area contributed by atoms with E-state index in [-0.39, 0.29) is 5.75 Å². The van der Waals surface area contributed by atoms with Gasteiger partial charge in [-0.15, -0.1) is 0 Å². The minimum atomic E-state index is 0.280. The molecule has 0 bridgehead atoms. The normalized spacial score (nSPS) is 10.5. The predicted molar refractivity (Wildman–Crippen MR) is 51.9 cm³/mol. The number of phenolic OH excluding ortho intramolecular Hbond substituents is 1. The highest BCUT2D eigenvalue weighted by molar-refractivity contribution is 5.61. The van der Waals surface area contributed by atoms with Gasteiger partial charge in [0, 0.05) is 12.6 Å². The van der Waals surface area contributed by atoms with Gasteiger partial charge >= 0.3 is 0 Å². The van der Waals surface area contributed by atoms with E-state index in [1.807, 2.05) is 13.0 Å². The van der Waals surface area contributed by atoms with E-state index in [0.29, 0.717) is 13.0 Å². The lowest BCUT2D eigenvalue weighted by atomic mass is 10.1. The summed E-state index contributed by atoms with van der Waals surface area (Å²) in [4.78, 5) is 4.79. The van der Waals surface area contributed by atoms with Crippen molar-refractivity contribution in [3.8, 4) is 5.75 Å². The van der Waals surface area contributed by atoms with E-state index in [1.54, 1.807) is 24.4 Å². The molecule has 0 aliphatic heterocycles. The molecule has 0 saturated heterocycles. The highest BCUT2D eigenvalue weighted by Gasteiger charge is 1.91. The van der Waals surface area contributed by atoms with Crippen LogP contribution in [0.2, 0.25) is 0 Å². The largest absolute Gasteiger partial charge is 0.508 e. The average molecular weight is 179 g/mol. The van der Waals surface area contributed by atoms with Crippen molar-refractivity contribution in [2.75, 3.05) is 6.61 Å². The van der Waals surface area contributed by atoms with Crippen LogP contribution < -0.4 is 0 Å². The van der Waals surface area contributed by atoms with Crippen LogP contribution in [0, 0.1) is 0 Å². The van der Waals surface area contributed by atoms with Crippen molar-refractivity contribution in [1.82, 2.24) is 0 Å². The summed E-state index contributed by atoms with van der Waals surface area (Å²) in [6, 6.07) is 7.08. The van der Waals surface area contributed by atoms with Gasteiger partial charge in [0.2, 0.25) is 0 Å². The molecule has 70 valence electrons. The molecule has 0 aromatic heterocycles. The Bertz CT molecular complexity index is 284. The van der Waals surface area contributed by atoms with Crippen molar-refractivity contribution in [2.24, 2.45) is 5.16 Å². The number of hydrogen-bond acceptors (Lipinski definition) is 3. The third-order valence-electron chi connectivity index (χ3n) is 1.52. The smallest absolute Gasteiger partial charge is 0.115 e. The minimum absolute atomic E-state index is 0.280. The Kier molecular flexibility index (Phi) is 3.82. The highest BCUT2D eigenvalue weighted by atomic mass is 16.6. The Hall–Kier alpha value is -1.51. The van der Waals surface area contributed by atoms with Crippen LogP contribution in [0.4, 0.5) is 0 Å². The summed E-state index contributed by atoms with van der Waals surface area (Å²) >= 11 is 0. The minimum Gasteiger partial charge on any atom is -0.508 e. The standard InChI is InChI=1S/C10H13NO2/c1-2-13-11-7-6-9-4-3-5-10(12)8-9/h3-5,7-8,12H,2,6H2,1H3. The summed E-state index contributed by atoms with van der Waals surface area (Å²) in [6.07, 6.45) is 2.35. The molecular formula is C10H13NO2. The summed E-state index contributed by atoms with van der Waals surface area (Å²) in [5.74, 6) is 0.280. The van der Waals surface area contributed by atoms with E-state index in [0.717, 1.165) is 5.56 Å². The molecular weight excluding hydrogens is 166 g/mol. The lowest BCUT2D eigenvalue weighted by Crippen LogP contribution is -1.87.